The summed E-state index contributed by atoms with van der Waals surface area (Å²) in [5.74, 6) is 2.83. The van der Waals surface area contributed by atoms with Crippen molar-refractivity contribution in [2.24, 2.45) is 34.5 Å². The molecule has 0 aromatic rings. The van der Waals surface area contributed by atoms with E-state index in [0.717, 1.165) is 12.8 Å². The summed E-state index contributed by atoms with van der Waals surface area (Å²) in [4.78, 5) is 24.0. The Hall–Kier alpha value is -1.18. The first-order valence-corrected chi connectivity index (χ1v) is 9.30. The lowest BCUT2D eigenvalue weighted by atomic mass is 9.48. The van der Waals surface area contributed by atoms with Crippen molar-refractivity contribution in [3.8, 4) is 0 Å². The Morgan fingerprint density at radius 1 is 1.13 bits per heavy atom. The van der Waals surface area contributed by atoms with Gasteiger partial charge in [-0.1, -0.05) is 26.0 Å². The average molecular weight is 312 g/mol. The summed E-state index contributed by atoms with van der Waals surface area (Å²) >= 11 is 0. The third-order valence-corrected chi connectivity index (χ3v) is 8.01. The van der Waals surface area contributed by atoms with Gasteiger partial charge in [0, 0.05) is 12.3 Å². The average Bonchev–Trinajstić information content (AvgIpc) is 2.85. The molecule has 2 heteroatoms. The number of carbonyl (C=O) groups excluding carboxylic acids is 2. The van der Waals surface area contributed by atoms with Crippen LogP contribution < -0.4 is 0 Å². The molecule has 2 fully saturated rings. The van der Waals surface area contributed by atoms with Gasteiger partial charge >= 0.3 is 0 Å². The van der Waals surface area contributed by atoms with Crippen molar-refractivity contribution in [1.29, 1.82) is 0 Å². The van der Waals surface area contributed by atoms with E-state index in [1.165, 1.54) is 24.8 Å². The number of ketones is 2. The summed E-state index contributed by atoms with van der Waals surface area (Å²) in [6.45, 7) is 6.54. The number of hydrogen-bond donors (Lipinski definition) is 0. The van der Waals surface area contributed by atoms with Crippen molar-refractivity contribution in [3.63, 3.8) is 0 Å². The number of rotatable bonds is 1. The molecule has 4 aliphatic carbocycles. The van der Waals surface area contributed by atoms with Crippen molar-refractivity contribution >= 4 is 11.6 Å². The second kappa shape index (κ2) is 4.91. The van der Waals surface area contributed by atoms with Gasteiger partial charge in [0.1, 0.15) is 5.78 Å². The first-order chi connectivity index (χ1) is 10.9. The maximum absolute atomic E-state index is 12.1. The monoisotopic (exact) mass is 312 g/mol. The second-order valence-electron chi connectivity index (χ2n) is 8.92. The summed E-state index contributed by atoms with van der Waals surface area (Å²) in [7, 11) is 0. The first-order valence-electron chi connectivity index (χ1n) is 9.30. The van der Waals surface area contributed by atoms with Crippen LogP contribution in [-0.2, 0) is 9.59 Å². The molecule has 2 saturated carbocycles. The fraction of sp³-hybridized carbons (Fsp3) is 0.714. The van der Waals surface area contributed by atoms with Crippen LogP contribution in [0.15, 0.2) is 23.8 Å². The molecule has 0 amide bonds. The molecule has 0 spiro atoms. The Kier molecular flexibility index (Phi) is 3.28. The smallest absolute Gasteiger partial charge is 0.156 e. The van der Waals surface area contributed by atoms with Crippen LogP contribution in [0, 0.1) is 34.5 Å². The molecule has 4 rings (SSSR count). The summed E-state index contributed by atoms with van der Waals surface area (Å²) in [5, 5.41) is 0. The third-order valence-electron chi connectivity index (χ3n) is 8.01. The summed E-state index contributed by atoms with van der Waals surface area (Å²) < 4.78 is 0. The lowest BCUT2D eigenvalue weighted by Crippen LogP contribution is -2.49. The summed E-state index contributed by atoms with van der Waals surface area (Å²) in [6, 6.07) is 0. The van der Waals surface area contributed by atoms with Crippen molar-refractivity contribution in [2.45, 2.75) is 59.3 Å². The van der Waals surface area contributed by atoms with E-state index >= 15 is 0 Å². The van der Waals surface area contributed by atoms with Gasteiger partial charge in [0.2, 0.25) is 0 Å². The van der Waals surface area contributed by atoms with Gasteiger partial charge in [0.05, 0.1) is 0 Å². The molecular formula is C21H28O2. The molecule has 0 aromatic carbocycles. The van der Waals surface area contributed by atoms with Crippen LogP contribution >= 0.6 is 0 Å². The number of Topliss-reactive ketones (excluding diaryl/α,β-unsaturated/α-hetero) is 1. The zero-order valence-corrected chi connectivity index (χ0v) is 14.6. The molecule has 124 valence electrons. The third kappa shape index (κ3) is 1.99. The van der Waals surface area contributed by atoms with E-state index in [4.69, 9.17) is 0 Å². The second-order valence-corrected chi connectivity index (χ2v) is 8.92. The van der Waals surface area contributed by atoms with Gasteiger partial charge in [-0.25, -0.2) is 0 Å². The molecule has 0 radical (unpaired) electrons. The highest BCUT2D eigenvalue weighted by atomic mass is 16.1. The van der Waals surface area contributed by atoms with Crippen LogP contribution in [0.4, 0.5) is 0 Å². The Balaban J connectivity index is 1.72. The van der Waals surface area contributed by atoms with E-state index in [9.17, 15) is 9.59 Å². The SMILES string of the molecule is CC(=O)[C@H]1CC[C@H]2C3C=CC4=CC(=O)CC[C@@]4(C)C3CC[C@]12C. The highest BCUT2D eigenvalue weighted by Crippen LogP contribution is 2.65. The van der Waals surface area contributed by atoms with Crippen molar-refractivity contribution < 1.29 is 9.59 Å². The van der Waals surface area contributed by atoms with Gasteiger partial charge < -0.3 is 0 Å². The normalized spacial score (nSPS) is 48.3. The van der Waals surface area contributed by atoms with Crippen LogP contribution in [0.5, 0.6) is 0 Å². The Morgan fingerprint density at radius 2 is 1.91 bits per heavy atom. The molecule has 4 aliphatic rings. The predicted molar refractivity (Wildman–Crippen MR) is 90.8 cm³/mol. The van der Waals surface area contributed by atoms with E-state index in [-0.39, 0.29) is 16.7 Å². The van der Waals surface area contributed by atoms with Crippen LogP contribution in [0.25, 0.3) is 0 Å². The van der Waals surface area contributed by atoms with Crippen LogP contribution in [0.1, 0.15) is 59.3 Å². The minimum absolute atomic E-state index is 0.170. The standard InChI is InChI=1S/C21H28O2/c1-13(22)17-6-7-18-16-5-4-14-12-15(23)8-10-20(14,2)19(16)9-11-21(17,18)3/h4-5,12,16-19H,6-11H2,1-3H3/t16?,17-,18+,19?,20-,21-/m1/s1. The zero-order valence-electron chi connectivity index (χ0n) is 14.6. The van der Waals surface area contributed by atoms with Crippen LogP contribution in [0.2, 0.25) is 0 Å². The Morgan fingerprint density at radius 3 is 2.65 bits per heavy atom. The lowest BCUT2D eigenvalue weighted by molar-refractivity contribution is -0.127. The highest BCUT2D eigenvalue weighted by molar-refractivity contribution is 5.92. The maximum Gasteiger partial charge on any atom is 0.156 e. The number of fused-ring (bicyclic) bond motifs is 5. The summed E-state index contributed by atoms with van der Waals surface area (Å²) in [5.41, 5.74) is 1.63. The minimum atomic E-state index is 0.170. The van der Waals surface area contributed by atoms with Crippen LogP contribution in [0.3, 0.4) is 0 Å². The number of allylic oxidation sites excluding steroid dienone is 4. The van der Waals surface area contributed by atoms with Gasteiger partial charge in [-0.3, -0.25) is 9.59 Å². The van der Waals surface area contributed by atoms with E-state index in [2.05, 4.69) is 26.0 Å². The molecule has 0 aromatic heterocycles. The number of carbonyl (C=O) groups is 2. The largest absolute Gasteiger partial charge is 0.300 e. The quantitative estimate of drug-likeness (QED) is 0.714. The molecule has 23 heavy (non-hydrogen) atoms. The summed E-state index contributed by atoms with van der Waals surface area (Å²) in [6.07, 6.45) is 12.9. The molecule has 6 atom stereocenters. The zero-order chi connectivity index (χ0) is 16.4. The molecule has 0 N–H and O–H groups in total. The van der Waals surface area contributed by atoms with Crippen molar-refractivity contribution in [2.75, 3.05) is 0 Å². The highest BCUT2D eigenvalue weighted by Gasteiger charge is 2.58. The molecular weight excluding hydrogens is 284 g/mol. The molecule has 0 aliphatic heterocycles. The van der Waals surface area contributed by atoms with Gasteiger partial charge in [0.15, 0.2) is 5.78 Å². The number of hydrogen-bond acceptors (Lipinski definition) is 2. The molecule has 0 bridgehead atoms. The first kappa shape index (κ1) is 15.4. The molecule has 0 heterocycles. The van der Waals surface area contributed by atoms with E-state index in [1.807, 2.05) is 6.08 Å². The topological polar surface area (TPSA) is 34.1 Å². The predicted octanol–water partition coefficient (Wildman–Crippen LogP) is 4.50. The van der Waals surface area contributed by atoms with Gasteiger partial charge in [-0.2, -0.15) is 0 Å². The van der Waals surface area contributed by atoms with Gasteiger partial charge in [0.25, 0.3) is 0 Å². The van der Waals surface area contributed by atoms with Crippen molar-refractivity contribution in [1.82, 2.24) is 0 Å². The molecule has 0 saturated heterocycles. The Labute approximate surface area is 139 Å². The molecule has 2 nitrogen and oxygen atoms in total. The van der Waals surface area contributed by atoms with Crippen LogP contribution in [-0.4, -0.2) is 11.6 Å². The van der Waals surface area contributed by atoms with E-state index < -0.39 is 0 Å². The fourth-order valence-corrected chi connectivity index (χ4v) is 6.66. The van der Waals surface area contributed by atoms with E-state index in [0.29, 0.717) is 35.7 Å². The van der Waals surface area contributed by atoms with Gasteiger partial charge in [-0.15, -0.1) is 0 Å². The van der Waals surface area contributed by atoms with E-state index in [1.54, 1.807) is 6.92 Å². The van der Waals surface area contributed by atoms with Crippen molar-refractivity contribution in [3.05, 3.63) is 23.8 Å². The minimum Gasteiger partial charge on any atom is -0.300 e. The van der Waals surface area contributed by atoms with Gasteiger partial charge in [-0.05, 0) is 79.3 Å². The maximum atomic E-state index is 12.1. The Bertz CT molecular complexity index is 628. The molecule has 2 unspecified atom stereocenters. The lowest BCUT2D eigenvalue weighted by Gasteiger charge is -2.55. The fourth-order valence-electron chi connectivity index (χ4n) is 6.66.